The molecule has 0 radical (unpaired) electrons. The molecule has 26 heavy (non-hydrogen) atoms. The van der Waals surface area contributed by atoms with Gasteiger partial charge in [-0.15, -0.1) is 0 Å². The molecule has 0 amide bonds. The van der Waals surface area contributed by atoms with E-state index in [1.54, 1.807) is 19.1 Å². The van der Waals surface area contributed by atoms with Crippen molar-refractivity contribution in [1.29, 1.82) is 0 Å². The minimum absolute atomic E-state index is 0.00435. The van der Waals surface area contributed by atoms with E-state index in [-0.39, 0.29) is 10.3 Å². The van der Waals surface area contributed by atoms with Crippen LogP contribution in [0.25, 0.3) is 10.9 Å². The lowest BCUT2D eigenvalue weighted by atomic mass is 10.2. The monoisotopic (exact) mass is 372 g/mol. The minimum atomic E-state index is -3.82. The van der Waals surface area contributed by atoms with E-state index in [2.05, 4.69) is 0 Å². The van der Waals surface area contributed by atoms with Crippen LogP contribution in [0.15, 0.2) is 61.4 Å². The summed E-state index contributed by atoms with van der Waals surface area (Å²) in [5.74, 6) is -0.755. The van der Waals surface area contributed by atoms with Crippen molar-refractivity contribution in [2.75, 3.05) is 10.8 Å². The van der Waals surface area contributed by atoms with Gasteiger partial charge in [-0.2, -0.15) is 0 Å². The van der Waals surface area contributed by atoms with Gasteiger partial charge in [0, 0.05) is 13.1 Å². The molecule has 3 aromatic rings. The van der Waals surface area contributed by atoms with Crippen molar-refractivity contribution < 1.29 is 12.8 Å². The Kier molecular flexibility index (Phi) is 3.73. The Morgan fingerprint density at radius 2 is 1.88 bits per heavy atom. The first-order valence-electron chi connectivity index (χ1n) is 8.22. The molecule has 0 saturated carbocycles. The van der Waals surface area contributed by atoms with E-state index in [1.165, 1.54) is 27.1 Å². The van der Waals surface area contributed by atoms with E-state index in [1.807, 2.05) is 12.1 Å². The number of fused-ring (bicyclic) bond motifs is 2. The van der Waals surface area contributed by atoms with Crippen LogP contribution in [0.2, 0.25) is 0 Å². The number of nitrogens with zero attached hydrogens (tertiary/aromatic N) is 2. The average molecular weight is 372 g/mol. The SMILES string of the molecule is CCn1c(=O)oc(=O)c2cc(S(=O)(=O)N3CCc4ccccc43)ccc21. The molecule has 8 heteroatoms. The summed E-state index contributed by atoms with van der Waals surface area (Å²) in [6.45, 7) is 2.40. The molecular weight excluding hydrogens is 356 g/mol. The highest BCUT2D eigenvalue weighted by molar-refractivity contribution is 7.92. The van der Waals surface area contributed by atoms with Gasteiger partial charge in [0.1, 0.15) is 0 Å². The zero-order valence-electron chi connectivity index (χ0n) is 14.0. The highest BCUT2D eigenvalue weighted by Crippen LogP contribution is 2.33. The van der Waals surface area contributed by atoms with Gasteiger partial charge < -0.3 is 4.42 Å². The molecule has 0 atom stereocenters. The summed E-state index contributed by atoms with van der Waals surface area (Å²) >= 11 is 0. The highest BCUT2D eigenvalue weighted by atomic mass is 32.2. The first kappa shape index (κ1) is 16.6. The first-order chi connectivity index (χ1) is 12.4. The van der Waals surface area contributed by atoms with Gasteiger partial charge in [-0.3, -0.25) is 8.87 Å². The van der Waals surface area contributed by atoms with Crippen LogP contribution in [0, 0.1) is 0 Å². The molecule has 0 unspecified atom stereocenters. The van der Waals surface area contributed by atoms with Crippen molar-refractivity contribution >= 4 is 26.6 Å². The quantitative estimate of drug-likeness (QED) is 0.698. The normalized spacial score (nSPS) is 14.0. The van der Waals surface area contributed by atoms with Gasteiger partial charge in [0.05, 0.1) is 21.5 Å². The second-order valence-electron chi connectivity index (χ2n) is 6.03. The van der Waals surface area contributed by atoms with E-state index in [0.29, 0.717) is 30.7 Å². The number of benzene rings is 2. The van der Waals surface area contributed by atoms with Gasteiger partial charge in [-0.05, 0) is 43.2 Å². The Labute approximate surface area is 149 Å². The second-order valence-corrected chi connectivity index (χ2v) is 7.90. The molecule has 2 aromatic carbocycles. The van der Waals surface area contributed by atoms with Crippen LogP contribution in [0.5, 0.6) is 0 Å². The molecule has 0 aliphatic carbocycles. The fourth-order valence-corrected chi connectivity index (χ4v) is 4.88. The van der Waals surface area contributed by atoms with Crippen molar-refractivity contribution in [3.05, 3.63) is 69.0 Å². The van der Waals surface area contributed by atoms with Crippen LogP contribution in [0.4, 0.5) is 5.69 Å². The summed E-state index contributed by atoms with van der Waals surface area (Å²) in [5.41, 5.74) is 1.14. The Balaban J connectivity index is 1.90. The predicted molar refractivity (Wildman–Crippen MR) is 97.1 cm³/mol. The van der Waals surface area contributed by atoms with Crippen molar-refractivity contribution in [2.24, 2.45) is 0 Å². The molecule has 0 spiro atoms. The number of anilines is 1. The van der Waals surface area contributed by atoms with Crippen LogP contribution in [-0.4, -0.2) is 19.5 Å². The maximum atomic E-state index is 13.1. The highest BCUT2D eigenvalue weighted by Gasteiger charge is 2.31. The molecule has 0 fully saturated rings. The number of para-hydroxylation sites is 1. The number of aromatic nitrogens is 1. The molecule has 7 nitrogen and oxygen atoms in total. The Morgan fingerprint density at radius 3 is 2.65 bits per heavy atom. The van der Waals surface area contributed by atoms with Crippen LogP contribution in [-0.2, 0) is 23.0 Å². The lowest BCUT2D eigenvalue weighted by molar-refractivity contribution is 0.421. The van der Waals surface area contributed by atoms with E-state index < -0.39 is 21.4 Å². The molecule has 0 N–H and O–H groups in total. The molecular formula is C18H16N2O5S. The van der Waals surface area contributed by atoms with E-state index >= 15 is 0 Å². The van der Waals surface area contributed by atoms with Gasteiger partial charge >= 0.3 is 11.4 Å². The molecule has 2 heterocycles. The summed E-state index contributed by atoms with van der Waals surface area (Å²) < 4.78 is 33.5. The largest absolute Gasteiger partial charge is 0.422 e. The van der Waals surface area contributed by atoms with E-state index in [0.717, 1.165) is 5.56 Å². The summed E-state index contributed by atoms with van der Waals surface area (Å²) in [6, 6.07) is 11.5. The maximum Gasteiger partial charge on any atom is 0.422 e. The lowest BCUT2D eigenvalue weighted by Crippen LogP contribution is -2.29. The van der Waals surface area contributed by atoms with Gasteiger partial charge in [0.2, 0.25) is 0 Å². The van der Waals surface area contributed by atoms with Crippen LogP contribution >= 0.6 is 0 Å². The second kappa shape index (κ2) is 5.84. The average Bonchev–Trinajstić information content (AvgIpc) is 3.06. The van der Waals surface area contributed by atoms with Gasteiger partial charge in [-0.25, -0.2) is 18.0 Å². The van der Waals surface area contributed by atoms with E-state index in [4.69, 9.17) is 4.42 Å². The predicted octanol–water partition coefficient (Wildman–Crippen LogP) is 1.73. The van der Waals surface area contributed by atoms with Crippen LogP contribution < -0.4 is 15.7 Å². The Morgan fingerprint density at radius 1 is 1.12 bits per heavy atom. The number of sulfonamides is 1. The Hall–Kier alpha value is -2.87. The fourth-order valence-electron chi connectivity index (χ4n) is 3.35. The smallest absolute Gasteiger partial charge is 0.372 e. The Bertz CT molecular complexity index is 1240. The number of hydrogen-bond donors (Lipinski definition) is 0. The summed E-state index contributed by atoms with van der Waals surface area (Å²) in [7, 11) is -3.82. The van der Waals surface area contributed by atoms with Crippen molar-refractivity contribution in [2.45, 2.75) is 24.8 Å². The van der Waals surface area contributed by atoms with Gasteiger partial charge in [0.25, 0.3) is 10.0 Å². The molecule has 4 rings (SSSR count). The van der Waals surface area contributed by atoms with Gasteiger partial charge in [0.15, 0.2) is 0 Å². The maximum absolute atomic E-state index is 13.1. The third-order valence-corrected chi connectivity index (χ3v) is 6.44. The number of hydrogen-bond acceptors (Lipinski definition) is 5. The van der Waals surface area contributed by atoms with Crippen molar-refractivity contribution in [1.82, 2.24) is 4.57 Å². The van der Waals surface area contributed by atoms with Gasteiger partial charge in [-0.1, -0.05) is 18.2 Å². The minimum Gasteiger partial charge on any atom is -0.372 e. The van der Waals surface area contributed by atoms with Crippen molar-refractivity contribution in [3.8, 4) is 0 Å². The molecule has 134 valence electrons. The topological polar surface area (TPSA) is 89.6 Å². The third-order valence-electron chi connectivity index (χ3n) is 4.63. The third kappa shape index (κ3) is 2.37. The molecule has 0 saturated heterocycles. The van der Waals surface area contributed by atoms with Crippen LogP contribution in [0.1, 0.15) is 12.5 Å². The summed E-state index contributed by atoms with van der Waals surface area (Å²) in [5, 5.41) is 0.0695. The fraction of sp³-hybridized carbons (Fsp3) is 0.222. The van der Waals surface area contributed by atoms with Crippen molar-refractivity contribution in [3.63, 3.8) is 0 Å². The number of rotatable bonds is 3. The molecule has 1 aliphatic rings. The summed E-state index contributed by atoms with van der Waals surface area (Å²) in [6.07, 6.45) is 0.639. The summed E-state index contributed by atoms with van der Waals surface area (Å²) in [4.78, 5) is 23.9. The van der Waals surface area contributed by atoms with E-state index in [9.17, 15) is 18.0 Å². The zero-order chi connectivity index (χ0) is 18.5. The number of aryl methyl sites for hydroxylation is 1. The molecule has 1 aliphatic heterocycles. The standard InChI is InChI=1S/C18H16N2O5S/c1-2-19-16-8-7-13(11-14(16)17(21)25-18(19)22)26(23,24)20-10-9-12-5-3-4-6-15(12)20/h3-8,11H,2,9-10H2,1H3. The molecule has 0 bridgehead atoms. The van der Waals surface area contributed by atoms with Crippen LogP contribution in [0.3, 0.4) is 0 Å². The first-order valence-corrected chi connectivity index (χ1v) is 9.66. The lowest BCUT2D eigenvalue weighted by Gasteiger charge is -2.19. The zero-order valence-corrected chi connectivity index (χ0v) is 14.8. The molecule has 1 aromatic heterocycles.